The highest BCUT2D eigenvalue weighted by molar-refractivity contribution is 5.92. The van der Waals surface area contributed by atoms with Gasteiger partial charge in [0.15, 0.2) is 5.78 Å². The minimum Gasteiger partial charge on any atom is -0.363 e. The summed E-state index contributed by atoms with van der Waals surface area (Å²) in [5.74, 6) is 0.118. The third-order valence-corrected chi connectivity index (χ3v) is 3.59. The number of hydrogen-bond donors (Lipinski definition) is 0. The molecule has 2 rings (SSSR count). The van der Waals surface area contributed by atoms with Gasteiger partial charge in [-0.05, 0) is 43.3 Å². The second-order valence-corrected chi connectivity index (χ2v) is 5.28. The van der Waals surface area contributed by atoms with Gasteiger partial charge in [0.2, 0.25) is 0 Å². The molecule has 1 aliphatic carbocycles. The first-order valence-electron chi connectivity index (χ1n) is 5.33. The van der Waals surface area contributed by atoms with Crippen LogP contribution in [-0.2, 0) is 9.53 Å². The van der Waals surface area contributed by atoms with E-state index in [1.165, 1.54) is 12.0 Å². The quantitative estimate of drug-likeness (QED) is 0.592. The van der Waals surface area contributed by atoms with E-state index in [0.717, 1.165) is 12.8 Å². The number of hydrogen-bond acceptors (Lipinski definition) is 2. The Labute approximate surface area is 85.3 Å². The van der Waals surface area contributed by atoms with E-state index in [-0.39, 0.29) is 23.4 Å². The number of carbonyl (C=O) groups is 1. The van der Waals surface area contributed by atoms with Crippen LogP contribution in [0.5, 0.6) is 0 Å². The van der Waals surface area contributed by atoms with Gasteiger partial charge in [-0.1, -0.05) is 13.8 Å². The molecule has 1 unspecified atom stereocenters. The summed E-state index contributed by atoms with van der Waals surface area (Å²) < 4.78 is 5.70. The van der Waals surface area contributed by atoms with Crippen LogP contribution >= 0.6 is 0 Å². The maximum absolute atomic E-state index is 11.3. The normalized spacial score (nSPS) is 36.2. The van der Waals surface area contributed by atoms with Gasteiger partial charge in [-0.15, -0.1) is 0 Å². The van der Waals surface area contributed by atoms with Crippen LogP contribution in [-0.4, -0.2) is 18.0 Å². The topological polar surface area (TPSA) is 26.3 Å². The summed E-state index contributed by atoms with van der Waals surface area (Å²) in [5, 5.41) is 0. The summed E-state index contributed by atoms with van der Waals surface area (Å²) in [6.07, 6.45) is 5.22. The number of ketones is 1. The number of ether oxygens (including phenoxy) is 1. The molecular weight excluding hydrogens is 176 g/mol. The second-order valence-electron chi connectivity index (χ2n) is 5.28. The Morgan fingerprint density at radius 1 is 1.29 bits per heavy atom. The summed E-state index contributed by atoms with van der Waals surface area (Å²) in [6.45, 7) is 6.79. The van der Waals surface area contributed by atoms with Crippen molar-refractivity contribution in [1.82, 2.24) is 0 Å². The Morgan fingerprint density at radius 3 is 2.71 bits per heavy atom. The van der Waals surface area contributed by atoms with E-state index in [4.69, 9.17) is 4.74 Å². The third-order valence-electron chi connectivity index (χ3n) is 3.59. The van der Waals surface area contributed by atoms with Crippen molar-refractivity contribution in [3.05, 3.63) is 11.6 Å². The molecule has 2 heteroatoms. The van der Waals surface area contributed by atoms with Crippen molar-refractivity contribution in [2.24, 2.45) is 5.41 Å². The molecule has 78 valence electrons. The highest BCUT2D eigenvalue weighted by Gasteiger charge is 2.44. The molecule has 1 saturated carbocycles. The van der Waals surface area contributed by atoms with Crippen molar-refractivity contribution in [2.75, 3.05) is 6.61 Å². The largest absolute Gasteiger partial charge is 0.363 e. The van der Waals surface area contributed by atoms with E-state index in [9.17, 15) is 4.79 Å². The molecule has 1 atom stereocenters. The zero-order chi connectivity index (χ0) is 10.4. The molecule has 0 amide bonds. The lowest BCUT2D eigenvalue weighted by molar-refractivity contribution is -0.129. The van der Waals surface area contributed by atoms with E-state index in [1.54, 1.807) is 0 Å². The molecule has 1 heterocycles. The van der Waals surface area contributed by atoms with Crippen molar-refractivity contribution in [2.45, 2.75) is 45.6 Å². The fourth-order valence-electron chi connectivity index (χ4n) is 2.78. The van der Waals surface area contributed by atoms with Gasteiger partial charge in [0.05, 0.1) is 5.60 Å². The molecule has 0 aromatic carbocycles. The summed E-state index contributed by atoms with van der Waals surface area (Å²) in [4.78, 5) is 11.3. The molecule has 14 heavy (non-hydrogen) atoms. The standard InChI is InChI=1S/C12H18O2/c1-11(2)5-4-6-12(3)10(11)7-9(13)8-14-12/h7H,4-6,8H2,1-3H3. The zero-order valence-electron chi connectivity index (χ0n) is 9.22. The van der Waals surface area contributed by atoms with Crippen LogP contribution in [0.3, 0.4) is 0 Å². The molecule has 2 nitrogen and oxygen atoms in total. The monoisotopic (exact) mass is 194 g/mol. The molecule has 0 spiro atoms. The number of fused-ring (bicyclic) bond motifs is 1. The Hall–Kier alpha value is -0.630. The average Bonchev–Trinajstić information content (AvgIpc) is 2.08. The van der Waals surface area contributed by atoms with Gasteiger partial charge in [-0.3, -0.25) is 4.79 Å². The maximum Gasteiger partial charge on any atom is 0.181 e. The molecule has 0 bridgehead atoms. The van der Waals surface area contributed by atoms with E-state index < -0.39 is 0 Å². The lowest BCUT2D eigenvalue weighted by atomic mass is 9.65. The summed E-state index contributed by atoms with van der Waals surface area (Å²) in [5.41, 5.74) is 1.16. The average molecular weight is 194 g/mol. The Morgan fingerprint density at radius 2 is 2.00 bits per heavy atom. The lowest BCUT2D eigenvalue weighted by Crippen LogP contribution is -2.45. The molecule has 0 N–H and O–H groups in total. The first-order valence-corrected chi connectivity index (χ1v) is 5.33. The third kappa shape index (κ3) is 1.42. The van der Waals surface area contributed by atoms with Gasteiger partial charge in [-0.2, -0.15) is 0 Å². The SMILES string of the molecule is CC1(C)CCCC2(C)OCC(=O)C=C12. The van der Waals surface area contributed by atoms with E-state index in [2.05, 4.69) is 20.8 Å². The van der Waals surface area contributed by atoms with Crippen molar-refractivity contribution in [3.8, 4) is 0 Å². The summed E-state index contributed by atoms with van der Waals surface area (Å²) in [6, 6.07) is 0. The fraction of sp³-hybridized carbons (Fsp3) is 0.750. The van der Waals surface area contributed by atoms with Crippen molar-refractivity contribution in [3.63, 3.8) is 0 Å². The molecule has 2 aliphatic rings. The van der Waals surface area contributed by atoms with Gasteiger partial charge in [-0.25, -0.2) is 0 Å². The van der Waals surface area contributed by atoms with E-state index >= 15 is 0 Å². The molecule has 0 aromatic rings. The van der Waals surface area contributed by atoms with E-state index in [0.29, 0.717) is 0 Å². The predicted octanol–water partition coefficient (Wildman–Crippen LogP) is 2.48. The molecule has 1 aliphatic heterocycles. The minimum atomic E-state index is -0.171. The molecule has 0 radical (unpaired) electrons. The number of carbonyl (C=O) groups excluding carboxylic acids is 1. The predicted molar refractivity (Wildman–Crippen MR) is 55.1 cm³/mol. The van der Waals surface area contributed by atoms with Crippen molar-refractivity contribution < 1.29 is 9.53 Å². The van der Waals surface area contributed by atoms with Crippen LogP contribution < -0.4 is 0 Å². The van der Waals surface area contributed by atoms with Crippen LogP contribution in [0.2, 0.25) is 0 Å². The number of rotatable bonds is 0. The molecular formula is C12H18O2. The van der Waals surface area contributed by atoms with Gasteiger partial charge in [0, 0.05) is 0 Å². The first-order chi connectivity index (χ1) is 6.44. The van der Waals surface area contributed by atoms with Gasteiger partial charge in [0.25, 0.3) is 0 Å². The van der Waals surface area contributed by atoms with Gasteiger partial charge in [0.1, 0.15) is 6.61 Å². The van der Waals surface area contributed by atoms with Gasteiger partial charge >= 0.3 is 0 Å². The van der Waals surface area contributed by atoms with Crippen LogP contribution in [0.15, 0.2) is 11.6 Å². The maximum atomic E-state index is 11.3. The first kappa shape index (κ1) is 9.91. The van der Waals surface area contributed by atoms with Crippen LogP contribution in [0.25, 0.3) is 0 Å². The fourth-order valence-corrected chi connectivity index (χ4v) is 2.78. The van der Waals surface area contributed by atoms with Crippen molar-refractivity contribution in [1.29, 1.82) is 0 Å². The zero-order valence-corrected chi connectivity index (χ0v) is 9.22. The molecule has 0 aromatic heterocycles. The Bertz CT molecular complexity index is 301. The Kier molecular flexibility index (Phi) is 2.07. The second kappa shape index (κ2) is 2.93. The Balaban J connectivity index is 2.43. The van der Waals surface area contributed by atoms with Crippen LogP contribution in [0.4, 0.5) is 0 Å². The van der Waals surface area contributed by atoms with Gasteiger partial charge < -0.3 is 4.74 Å². The van der Waals surface area contributed by atoms with Crippen LogP contribution in [0, 0.1) is 5.41 Å². The van der Waals surface area contributed by atoms with E-state index in [1.807, 2.05) is 6.08 Å². The van der Waals surface area contributed by atoms with Crippen LogP contribution in [0.1, 0.15) is 40.0 Å². The highest BCUT2D eigenvalue weighted by atomic mass is 16.5. The highest BCUT2D eigenvalue weighted by Crippen LogP contribution is 2.48. The summed E-state index contributed by atoms with van der Waals surface area (Å²) >= 11 is 0. The van der Waals surface area contributed by atoms with Crippen molar-refractivity contribution >= 4 is 5.78 Å². The molecule has 0 saturated heterocycles. The smallest absolute Gasteiger partial charge is 0.181 e. The molecule has 1 fully saturated rings. The lowest BCUT2D eigenvalue weighted by Gasteiger charge is -2.47. The minimum absolute atomic E-state index is 0.118. The summed E-state index contributed by atoms with van der Waals surface area (Å²) in [7, 11) is 0.